The molecule has 0 bridgehead atoms. The fraction of sp³-hybridized carbons (Fsp3) is 0.333. The van der Waals surface area contributed by atoms with Crippen molar-refractivity contribution in [3.8, 4) is 0 Å². The van der Waals surface area contributed by atoms with Crippen molar-refractivity contribution in [3.63, 3.8) is 0 Å². The Labute approximate surface area is 145 Å². The molecular weight excluding hydrogens is 395 g/mol. The molecule has 1 aromatic heterocycles. The lowest BCUT2D eigenvalue weighted by atomic mass is 10.2. The summed E-state index contributed by atoms with van der Waals surface area (Å²) in [4.78, 5) is 8.93. The SMILES string of the molecule is Cc1ccc(NC(N)=NCc2nc(C3CC3)cs2)cc1.I. The molecule has 3 rings (SSSR count). The average molecular weight is 414 g/mol. The normalized spacial score (nSPS) is 14.6. The molecule has 0 unspecified atom stereocenters. The van der Waals surface area contributed by atoms with Gasteiger partial charge in [-0.1, -0.05) is 17.7 Å². The monoisotopic (exact) mass is 414 g/mol. The Hall–Kier alpha value is -1.15. The van der Waals surface area contributed by atoms with Crippen LogP contribution in [0.15, 0.2) is 34.6 Å². The Kier molecular flexibility index (Phi) is 5.58. The third-order valence-corrected chi connectivity index (χ3v) is 4.13. The highest BCUT2D eigenvalue weighted by atomic mass is 127. The molecule has 0 radical (unpaired) electrons. The first-order chi connectivity index (χ1) is 9.70. The Morgan fingerprint density at radius 2 is 2.10 bits per heavy atom. The molecule has 3 N–H and O–H groups in total. The van der Waals surface area contributed by atoms with Crippen LogP contribution in [-0.2, 0) is 6.54 Å². The van der Waals surface area contributed by atoms with Gasteiger partial charge in [0.25, 0.3) is 0 Å². The highest BCUT2D eigenvalue weighted by molar-refractivity contribution is 14.0. The number of aliphatic imine (C=N–C) groups is 1. The highest BCUT2D eigenvalue weighted by Crippen LogP contribution is 2.40. The van der Waals surface area contributed by atoms with Gasteiger partial charge in [-0.2, -0.15) is 0 Å². The van der Waals surface area contributed by atoms with Crippen molar-refractivity contribution in [3.05, 3.63) is 45.9 Å². The summed E-state index contributed by atoms with van der Waals surface area (Å²) in [6.45, 7) is 2.60. The summed E-state index contributed by atoms with van der Waals surface area (Å²) in [7, 11) is 0. The number of guanidine groups is 1. The van der Waals surface area contributed by atoms with Gasteiger partial charge in [-0.3, -0.25) is 0 Å². The number of nitrogens with one attached hydrogen (secondary N) is 1. The molecule has 1 heterocycles. The van der Waals surface area contributed by atoms with E-state index in [4.69, 9.17) is 5.73 Å². The summed E-state index contributed by atoms with van der Waals surface area (Å²) in [6, 6.07) is 8.06. The fourth-order valence-electron chi connectivity index (χ4n) is 1.94. The summed E-state index contributed by atoms with van der Waals surface area (Å²) in [6.07, 6.45) is 2.56. The summed E-state index contributed by atoms with van der Waals surface area (Å²) in [5.74, 6) is 1.13. The smallest absolute Gasteiger partial charge is 0.193 e. The van der Waals surface area contributed by atoms with Gasteiger partial charge >= 0.3 is 0 Å². The van der Waals surface area contributed by atoms with Crippen LogP contribution in [0.25, 0.3) is 0 Å². The number of nitrogens with zero attached hydrogens (tertiary/aromatic N) is 2. The first-order valence-corrected chi connectivity index (χ1v) is 7.66. The molecule has 6 heteroatoms. The van der Waals surface area contributed by atoms with Crippen molar-refractivity contribution in [1.82, 2.24) is 4.98 Å². The van der Waals surface area contributed by atoms with E-state index in [0.29, 0.717) is 18.4 Å². The molecular formula is C15H19IN4S. The van der Waals surface area contributed by atoms with E-state index in [2.05, 4.69) is 27.6 Å². The van der Waals surface area contributed by atoms with E-state index >= 15 is 0 Å². The van der Waals surface area contributed by atoms with Gasteiger partial charge in [0.05, 0.1) is 12.2 Å². The molecule has 21 heavy (non-hydrogen) atoms. The lowest BCUT2D eigenvalue weighted by molar-refractivity contribution is 0.970. The molecule has 0 aliphatic heterocycles. The number of thiazole rings is 1. The zero-order valence-electron chi connectivity index (χ0n) is 11.9. The molecule has 0 spiro atoms. The number of anilines is 1. The first kappa shape index (κ1) is 16.2. The van der Waals surface area contributed by atoms with Gasteiger partial charge in [-0.15, -0.1) is 35.3 Å². The summed E-state index contributed by atoms with van der Waals surface area (Å²) < 4.78 is 0. The first-order valence-electron chi connectivity index (χ1n) is 6.78. The van der Waals surface area contributed by atoms with Crippen molar-refractivity contribution in [1.29, 1.82) is 0 Å². The van der Waals surface area contributed by atoms with Gasteiger partial charge in [0.15, 0.2) is 5.96 Å². The molecule has 112 valence electrons. The minimum absolute atomic E-state index is 0. The number of halogens is 1. The lowest BCUT2D eigenvalue weighted by Gasteiger charge is -2.05. The Bertz CT molecular complexity index is 617. The third-order valence-electron chi connectivity index (χ3n) is 3.27. The van der Waals surface area contributed by atoms with Crippen LogP contribution >= 0.6 is 35.3 Å². The van der Waals surface area contributed by atoms with Crippen molar-refractivity contribution in [2.75, 3.05) is 5.32 Å². The number of hydrogen-bond donors (Lipinski definition) is 2. The van der Waals surface area contributed by atoms with Crippen molar-refractivity contribution < 1.29 is 0 Å². The van der Waals surface area contributed by atoms with Crippen LogP contribution in [0.5, 0.6) is 0 Å². The van der Waals surface area contributed by atoms with Crippen LogP contribution in [0.3, 0.4) is 0 Å². The molecule has 1 aliphatic rings. The Morgan fingerprint density at radius 3 is 2.76 bits per heavy atom. The number of aryl methyl sites for hydroxylation is 1. The van der Waals surface area contributed by atoms with Crippen molar-refractivity contribution in [2.45, 2.75) is 32.2 Å². The van der Waals surface area contributed by atoms with Gasteiger partial charge in [0, 0.05) is 17.0 Å². The van der Waals surface area contributed by atoms with Gasteiger partial charge in [-0.05, 0) is 31.9 Å². The number of rotatable bonds is 4. The van der Waals surface area contributed by atoms with Crippen LogP contribution < -0.4 is 11.1 Å². The van der Waals surface area contributed by atoms with Crippen molar-refractivity contribution >= 4 is 47.0 Å². The predicted octanol–water partition coefficient (Wildman–Crippen LogP) is 3.87. The molecule has 1 saturated carbocycles. The fourth-order valence-corrected chi connectivity index (χ4v) is 2.74. The van der Waals surface area contributed by atoms with E-state index in [1.165, 1.54) is 24.1 Å². The zero-order valence-corrected chi connectivity index (χ0v) is 15.0. The van der Waals surface area contributed by atoms with Crippen LogP contribution in [0.1, 0.15) is 35.0 Å². The standard InChI is InChI=1S/C15H18N4S.HI/c1-10-2-6-12(7-3-10)18-15(16)17-8-14-19-13(9-20-14)11-4-5-11;/h2-3,6-7,9,11H,4-5,8H2,1H3,(H3,16,17,18);1H. The van der Waals surface area contributed by atoms with E-state index in [0.717, 1.165) is 10.7 Å². The lowest BCUT2D eigenvalue weighted by Crippen LogP contribution is -2.22. The predicted molar refractivity (Wildman–Crippen MR) is 99.6 cm³/mol. The Morgan fingerprint density at radius 1 is 1.38 bits per heavy atom. The maximum atomic E-state index is 5.89. The molecule has 1 fully saturated rings. The maximum absolute atomic E-state index is 5.89. The third kappa shape index (κ3) is 4.67. The minimum Gasteiger partial charge on any atom is -0.370 e. The Balaban J connectivity index is 0.00000161. The number of benzene rings is 1. The molecule has 1 aliphatic carbocycles. The minimum atomic E-state index is 0. The molecule has 0 saturated heterocycles. The number of hydrogen-bond acceptors (Lipinski definition) is 3. The van der Waals surface area contributed by atoms with E-state index in [-0.39, 0.29) is 24.0 Å². The van der Waals surface area contributed by atoms with Crippen LogP contribution in [0.2, 0.25) is 0 Å². The topological polar surface area (TPSA) is 63.3 Å². The molecule has 0 atom stereocenters. The van der Waals surface area contributed by atoms with Gasteiger partial charge < -0.3 is 11.1 Å². The maximum Gasteiger partial charge on any atom is 0.193 e. The second-order valence-corrected chi connectivity index (χ2v) is 6.08. The van der Waals surface area contributed by atoms with Gasteiger partial charge in [-0.25, -0.2) is 9.98 Å². The zero-order chi connectivity index (χ0) is 13.9. The summed E-state index contributed by atoms with van der Waals surface area (Å²) in [5, 5.41) is 6.26. The number of nitrogens with two attached hydrogens (primary N) is 1. The quantitative estimate of drug-likeness (QED) is 0.454. The van der Waals surface area contributed by atoms with Gasteiger partial charge in [0.1, 0.15) is 5.01 Å². The van der Waals surface area contributed by atoms with Crippen LogP contribution in [0.4, 0.5) is 5.69 Å². The average Bonchev–Trinajstić information content (AvgIpc) is 3.18. The van der Waals surface area contributed by atoms with Crippen LogP contribution in [0, 0.1) is 6.92 Å². The van der Waals surface area contributed by atoms with E-state index < -0.39 is 0 Å². The largest absolute Gasteiger partial charge is 0.370 e. The van der Waals surface area contributed by atoms with Crippen molar-refractivity contribution in [2.24, 2.45) is 10.7 Å². The summed E-state index contributed by atoms with van der Waals surface area (Å²) >= 11 is 1.67. The van der Waals surface area contributed by atoms with Gasteiger partial charge in [0.2, 0.25) is 0 Å². The second kappa shape index (κ2) is 7.22. The van der Waals surface area contributed by atoms with E-state index in [9.17, 15) is 0 Å². The molecule has 0 amide bonds. The number of aromatic nitrogens is 1. The molecule has 1 aromatic carbocycles. The molecule has 2 aromatic rings. The highest BCUT2D eigenvalue weighted by Gasteiger charge is 2.25. The van der Waals surface area contributed by atoms with E-state index in [1.807, 2.05) is 24.3 Å². The van der Waals surface area contributed by atoms with Crippen LogP contribution in [-0.4, -0.2) is 10.9 Å². The van der Waals surface area contributed by atoms with E-state index in [1.54, 1.807) is 11.3 Å². The second-order valence-electron chi connectivity index (χ2n) is 5.13. The molecule has 4 nitrogen and oxygen atoms in total. The summed E-state index contributed by atoms with van der Waals surface area (Å²) in [5.41, 5.74) is 9.29.